The Morgan fingerprint density at radius 3 is 3.04 bits per heavy atom. The van der Waals surface area contributed by atoms with Crippen LogP contribution in [0.1, 0.15) is 21.3 Å². The van der Waals surface area contributed by atoms with Crippen molar-refractivity contribution in [2.24, 2.45) is 0 Å². The maximum atomic E-state index is 13.9. The lowest BCUT2D eigenvalue weighted by Crippen LogP contribution is -2.31. The molecule has 3 rings (SSSR count). The summed E-state index contributed by atoms with van der Waals surface area (Å²) < 4.78 is 20.2. The van der Waals surface area contributed by atoms with Crippen LogP contribution >= 0.6 is 27.7 Å². The molecule has 1 fully saturated rings. The summed E-state index contributed by atoms with van der Waals surface area (Å²) in [6.07, 6.45) is 2.49. The molecule has 1 unspecified atom stereocenters. The Bertz CT molecular complexity index is 744. The number of aromatic nitrogens is 1. The standard InChI is InChI=1S/C16H14BrFN2O2S/c1-22-14-3-2-10(17)8-12(14)16-20(6-7-23-16)15(21)11-4-5-19-9-13(11)18/h2-5,8-9,16H,6-7H2,1H3. The highest BCUT2D eigenvalue weighted by molar-refractivity contribution is 9.10. The van der Waals surface area contributed by atoms with Crippen molar-refractivity contribution in [1.29, 1.82) is 0 Å². The minimum atomic E-state index is -0.602. The largest absolute Gasteiger partial charge is 0.496 e. The molecule has 0 N–H and O–H groups in total. The quantitative estimate of drug-likeness (QED) is 0.789. The van der Waals surface area contributed by atoms with Gasteiger partial charge in [0.2, 0.25) is 0 Å². The lowest BCUT2D eigenvalue weighted by atomic mass is 10.1. The highest BCUT2D eigenvalue weighted by Gasteiger charge is 2.34. The van der Waals surface area contributed by atoms with E-state index in [-0.39, 0.29) is 16.8 Å². The number of hydrogen-bond donors (Lipinski definition) is 0. The summed E-state index contributed by atoms with van der Waals surface area (Å²) in [4.78, 5) is 18.1. The number of rotatable bonds is 3. The normalized spacial score (nSPS) is 17.3. The van der Waals surface area contributed by atoms with Gasteiger partial charge in [-0.15, -0.1) is 11.8 Å². The number of carbonyl (C=O) groups is 1. The fourth-order valence-electron chi connectivity index (χ4n) is 2.54. The van der Waals surface area contributed by atoms with Crippen LogP contribution in [0.5, 0.6) is 5.75 Å². The first kappa shape index (κ1) is 16.3. The monoisotopic (exact) mass is 396 g/mol. The maximum absolute atomic E-state index is 13.9. The molecule has 0 spiro atoms. The van der Waals surface area contributed by atoms with Crippen molar-refractivity contribution in [1.82, 2.24) is 9.88 Å². The van der Waals surface area contributed by atoms with Gasteiger partial charge in [0.25, 0.3) is 5.91 Å². The lowest BCUT2D eigenvalue weighted by Gasteiger charge is -2.25. The van der Waals surface area contributed by atoms with E-state index in [0.717, 1.165) is 22.0 Å². The summed E-state index contributed by atoms with van der Waals surface area (Å²) in [5, 5.41) is -0.206. The molecule has 2 heterocycles. The number of ether oxygens (including phenoxy) is 1. The third-order valence-electron chi connectivity index (χ3n) is 3.61. The summed E-state index contributed by atoms with van der Waals surface area (Å²) in [7, 11) is 1.60. The van der Waals surface area contributed by atoms with Crippen LogP contribution in [-0.4, -0.2) is 35.2 Å². The van der Waals surface area contributed by atoms with E-state index in [4.69, 9.17) is 4.74 Å². The van der Waals surface area contributed by atoms with Gasteiger partial charge in [0.15, 0.2) is 5.82 Å². The SMILES string of the molecule is COc1ccc(Br)cc1C1SCCN1C(=O)c1ccncc1F. The summed E-state index contributed by atoms with van der Waals surface area (Å²) in [5.74, 6) is 0.565. The fraction of sp³-hybridized carbons (Fsp3) is 0.250. The van der Waals surface area contributed by atoms with Crippen molar-refractivity contribution in [2.45, 2.75) is 5.37 Å². The van der Waals surface area contributed by atoms with E-state index in [2.05, 4.69) is 20.9 Å². The van der Waals surface area contributed by atoms with E-state index < -0.39 is 5.82 Å². The number of amides is 1. The summed E-state index contributed by atoms with van der Waals surface area (Å²) in [5.41, 5.74) is 0.939. The van der Waals surface area contributed by atoms with Gasteiger partial charge >= 0.3 is 0 Å². The molecule has 1 aromatic heterocycles. The molecule has 23 heavy (non-hydrogen) atoms. The molecular formula is C16H14BrFN2O2S. The minimum absolute atomic E-state index is 0.0430. The Morgan fingerprint density at radius 2 is 2.30 bits per heavy atom. The Hall–Kier alpha value is -1.60. The summed E-state index contributed by atoms with van der Waals surface area (Å²) in [6, 6.07) is 7.09. The van der Waals surface area contributed by atoms with Gasteiger partial charge in [-0.2, -0.15) is 0 Å². The number of benzene rings is 1. The van der Waals surface area contributed by atoms with E-state index in [1.807, 2.05) is 18.2 Å². The molecule has 1 atom stereocenters. The van der Waals surface area contributed by atoms with Crippen LogP contribution in [0.2, 0.25) is 0 Å². The van der Waals surface area contributed by atoms with Gasteiger partial charge in [0, 0.05) is 28.5 Å². The molecule has 1 saturated heterocycles. The van der Waals surface area contributed by atoms with Crippen molar-refractivity contribution in [2.75, 3.05) is 19.4 Å². The number of halogens is 2. The number of hydrogen-bond acceptors (Lipinski definition) is 4. The Kier molecular flexibility index (Phi) is 4.87. The van der Waals surface area contributed by atoms with Gasteiger partial charge in [0.05, 0.1) is 18.9 Å². The second-order valence-electron chi connectivity index (χ2n) is 4.96. The molecule has 7 heteroatoms. The molecular weight excluding hydrogens is 383 g/mol. The average Bonchev–Trinajstić information content (AvgIpc) is 3.04. The van der Waals surface area contributed by atoms with Gasteiger partial charge in [-0.05, 0) is 24.3 Å². The van der Waals surface area contributed by atoms with Crippen molar-refractivity contribution < 1.29 is 13.9 Å². The van der Waals surface area contributed by atoms with Crippen LogP contribution in [0, 0.1) is 5.82 Å². The number of carbonyl (C=O) groups excluding carboxylic acids is 1. The topological polar surface area (TPSA) is 42.4 Å². The first-order chi connectivity index (χ1) is 11.1. The Labute approximate surface area is 146 Å². The first-order valence-electron chi connectivity index (χ1n) is 6.97. The second-order valence-corrected chi connectivity index (χ2v) is 7.07. The maximum Gasteiger partial charge on any atom is 0.258 e. The molecule has 2 aromatic rings. The van der Waals surface area contributed by atoms with Crippen molar-refractivity contribution >= 4 is 33.6 Å². The van der Waals surface area contributed by atoms with Crippen LogP contribution in [0.25, 0.3) is 0 Å². The third-order valence-corrected chi connectivity index (χ3v) is 5.35. The number of nitrogens with zero attached hydrogens (tertiary/aromatic N) is 2. The van der Waals surface area contributed by atoms with E-state index >= 15 is 0 Å². The van der Waals surface area contributed by atoms with E-state index in [1.165, 1.54) is 12.3 Å². The van der Waals surface area contributed by atoms with Crippen LogP contribution in [0.3, 0.4) is 0 Å². The van der Waals surface area contributed by atoms with Crippen molar-refractivity contribution in [3.63, 3.8) is 0 Å². The molecule has 0 aliphatic carbocycles. The third kappa shape index (κ3) is 3.21. The van der Waals surface area contributed by atoms with E-state index in [9.17, 15) is 9.18 Å². The second kappa shape index (κ2) is 6.88. The van der Waals surface area contributed by atoms with Gasteiger partial charge < -0.3 is 9.64 Å². The molecule has 0 radical (unpaired) electrons. The van der Waals surface area contributed by atoms with Crippen LogP contribution in [-0.2, 0) is 0 Å². The number of pyridine rings is 1. The Morgan fingerprint density at radius 1 is 1.48 bits per heavy atom. The molecule has 120 valence electrons. The van der Waals surface area contributed by atoms with E-state index in [0.29, 0.717) is 12.3 Å². The fourth-order valence-corrected chi connectivity index (χ4v) is 4.19. The predicted octanol–water partition coefficient (Wildman–Crippen LogP) is 3.88. The molecule has 0 bridgehead atoms. The van der Waals surface area contributed by atoms with Gasteiger partial charge in [-0.25, -0.2) is 4.39 Å². The molecule has 1 aromatic carbocycles. The van der Waals surface area contributed by atoms with Gasteiger partial charge in [-0.3, -0.25) is 9.78 Å². The number of methoxy groups -OCH3 is 1. The van der Waals surface area contributed by atoms with Gasteiger partial charge in [0.1, 0.15) is 11.1 Å². The first-order valence-corrected chi connectivity index (χ1v) is 8.81. The predicted molar refractivity (Wildman–Crippen MR) is 91.1 cm³/mol. The smallest absolute Gasteiger partial charge is 0.258 e. The average molecular weight is 397 g/mol. The zero-order valence-electron chi connectivity index (χ0n) is 12.3. The summed E-state index contributed by atoms with van der Waals surface area (Å²) >= 11 is 5.09. The molecule has 4 nitrogen and oxygen atoms in total. The molecule has 1 aliphatic rings. The Balaban J connectivity index is 1.96. The zero-order valence-corrected chi connectivity index (χ0v) is 14.7. The van der Waals surface area contributed by atoms with Crippen LogP contribution < -0.4 is 4.74 Å². The van der Waals surface area contributed by atoms with E-state index in [1.54, 1.807) is 23.8 Å². The highest BCUT2D eigenvalue weighted by atomic mass is 79.9. The molecule has 1 amide bonds. The van der Waals surface area contributed by atoms with Crippen LogP contribution in [0.15, 0.2) is 41.1 Å². The minimum Gasteiger partial charge on any atom is -0.496 e. The zero-order chi connectivity index (χ0) is 16.4. The lowest BCUT2D eigenvalue weighted by molar-refractivity contribution is 0.0754. The summed E-state index contributed by atoms with van der Waals surface area (Å²) in [6.45, 7) is 0.561. The van der Waals surface area contributed by atoms with Crippen molar-refractivity contribution in [3.8, 4) is 5.75 Å². The highest BCUT2D eigenvalue weighted by Crippen LogP contribution is 2.43. The van der Waals surface area contributed by atoms with Crippen molar-refractivity contribution in [3.05, 3.63) is 58.1 Å². The van der Waals surface area contributed by atoms with Crippen LogP contribution in [0.4, 0.5) is 4.39 Å². The number of thioether (sulfide) groups is 1. The van der Waals surface area contributed by atoms with Gasteiger partial charge in [-0.1, -0.05) is 15.9 Å². The molecule has 0 saturated carbocycles. The molecule has 1 aliphatic heterocycles.